The molecular formula is C17H18N2OS. The number of nitriles is 1. The molecule has 0 fully saturated rings. The summed E-state index contributed by atoms with van der Waals surface area (Å²) in [6, 6.07) is 15.8. The average Bonchev–Trinajstić information content (AvgIpc) is 2.98. The topological polar surface area (TPSA) is 52.9 Å². The summed E-state index contributed by atoms with van der Waals surface area (Å²) in [5.74, 6) is -0.830. The number of carbonyl (C=O) groups excluding carboxylic acids is 1. The lowest BCUT2D eigenvalue weighted by Gasteiger charge is -2.16. The van der Waals surface area contributed by atoms with Gasteiger partial charge >= 0.3 is 0 Å². The quantitative estimate of drug-likeness (QED) is 0.890. The van der Waals surface area contributed by atoms with Gasteiger partial charge in [-0.25, -0.2) is 0 Å². The average molecular weight is 298 g/mol. The van der Waals surface area contributed by atoms with Gasteiger partial charge in [-0.2, -0.15) is 5.26 Å². The number of nitrogens with zero attached hydrogens (tertiary/aromatic N) is 1. The van der Waals surface area contributed by atoms with Crippen LogP contribution in [0.15, 0.2) is 47.8 Å². The predicted molar refractivity (Wildman–Crippen MR) is 84.9 cm³/mol. The lowest BCUT2D eigenvalue weighted by atomic mass is 9.99. The fourth-order valence-corrected chi connectivity index (χ4v) is 3.01. The summed E-state index contributed by atoms with van der Waals surface area (Å²) in [7, 11) is 0. The number of thiophene rings is 1. The second kappa shape index (κ2) is 7.61. The standard InChI is InChI=1S/C17H18N2OS/c1-13(10-16-8-5-9-21-16)19-17(20)15(12-18)11-14-6-3-2-4-7-14/h2-9,13,15H,10-11H2,1H3,(H,19,20). The number of amides is 1. The number of benzene rings is 1. The van der Waals surface area contributed by atoms with E-state index in [0.29, 0.717) is 6.42 Å². The molecule has 0 saturated heterocycles. The SMILES string of the molecule is CC(Cc1cccs1)NC(=O)C(C#N)Cc1ccccc1. The van der Waals surface area contributed by atoms with E-state index in [4.69, 9.17) is 0 Å². The molecule has 1 aromatic carbocycles. The fourth-order valence-electron chi connectivity index (χ4n) is 2.17. The van der Waals surface area contributed by atoms with Crippen LogP contribution in [0, 0.1) is 17.2 Å². The van der Waals surface area contributed by atoms with Gasteiger partial charge < -0.3 is 5.32 Å². The van der Waals surface area contributed by atoms with Crippen LogP contribution in [-0.4, -0.2) is 11.9 Å². The first-order valence-electron chi connectivity index (χ1n) is 6.95. The first-order chi connectivity index (χ1) is 10.2. The molecule has 0 aliphatic carbocycles. The van der Waals surface area contributed by atoms with Crippen LogP contribution in [0.25, 0.3) is 0 Å². The Balaban J connectivity index is 1.89. The zero-order chi connectivity index (χ0) is 15.1. The number of hydrogen-bond donors (Lipinski definition) is 1. The van der Waals surface area contributed by atoms with Crippen LogP contribution >= 0.6 is 11.3 Å². The molecule has 0 radical (unpaired) electrons. The second-order valence-electron chi connectivity index (χ2n) is 5.06. The Labute approximate surface area is 129 Å². The molecule has 108 valence electrons. The molecule has 0 aliphatic heterocycles. The van der Waals surface area contributed by atoms with Gasteiger partial charge in [-0.05, 0) is 30.4 Å². The van der Waals surface area contributed by atoms with E-state index < -0.39 is 5.92 Å². The molecule has 4 heteroatoms. The van der Waals surface area contributed by atoms with Gasteiger partial charge in [0.1, 0.15) is 5.92 Å². The molecule has 1 N–H and O–H groups in total. The Hall–Kier alpha value is -2.12. The summed E-state index contributed by atoms with van der Waals surface area (Å²) in [5, 5.41) is 14.2. The van der Waals surface area contributed by atoms with Crippen LogP contribution < -0.4 is 5.32 Å². The third-order valence-corrected chi connectivity index (χ3v) is 4.13. The Morgan fingerprint density at radius 2 is 2.00 bits per heavy atom. The summed E-state index contributed by atoms with van der Waals surface area (Å²) in [5.41, 5.74) is 1.00. The minimum absolute atomic E-state index is 0.0303. The van der Waals surface area contributed by atoms with E-state index in [1.165, 1.54) is 4.88 Å². The van der Waals surface area contributed by atoms with E-state index in [1.54, 1.807) is 11.3 Å². The van der Waals surface area contributed by atoms with Crippen LogP contribution in [0.1, 0.15) is 17.4 Å². The second-order valence-corrected chi connectivity index (χ2v) is 6.10. The Kier molecular flexibility index (Phi) is 5.53. The van der Waals surface area contributed by atoms with E-state index in [9.17, 15) is 10.1 Å². The van der Waals surface area contributed by atoms with Crippen LogP contribution in [0.3, 0.4) is 0 Å². The Morgan fingerprint density at radius 3 is 2.62 bits per heavy atom. The van der Waals surface area contributed by atoms with Crippen molar-refractivity contribution < 1.29 is 4.79 Å². The molecule has 1 amide bonds. The van der Waals surface area contributed by atoms with E-state index in [1.807, 2.05) is 48.7 Å². The monoisotopic (exact) mass is 298 g/mol. The highest BCUT2D eigenvalue weighted by Crippen LogP contribution is 2.12. The molecule has 3 nitrogen and oxygen atoms in total. The fraction of sp³-hybridized carbons (Fsp3) is 0.294. The molecule has 2 atom stereocenters. The predicted octanol–water partition coefficient (Wildman–Crippen LogP) is 3.18. The maximum Gasteiger partial charge on any atom is 0.237 e. The molecule has 0 bridgehead atoms. The highest BCUT2D eigenvalue weighted by atomic mass is 32.1. The lowest BCUT2D eigenvalue weighted by Crippen LogP contribution is -2.38. The minimum atomic E-state index is -0.641. The van der Waals surface area contributed by atoms with Gasteiger partial charge in [0.25, 0.3) is 0 Å². The molecule has 21 heavy (non-hydrogen) atoms. The summed E-state index contributed by atoms with van der Waals surface area (Å²) < 4.78 is 0. The van der Waals surface area contributed by atoms with Crippen LogP contribution in [-0.2, 0) is 17.6 Å². The molecule has 2 rings (SSSR count). The first-order valence-corrected chi connectivity index (χ1v) is 7.83. The molecular weight excluding hydrogens is 280 g/mol. The molecule has 0 saturated carbocycles. The summed E-state index contributed by atoms with van der Waals surface area (Å²) in [4.78, 5) is 13.4. The van der Waals surface area contributed by atoms with Gasteiger partial charge in [-0.1, -0.05) is 36.4 Å². The normalized spacial score (nSPS) is 13.1. The van der Waals surface area contributed by atoms with Crippen LogP contribution in [0.2, 0.25) is 0 Å². The van der Waals surface area contributed by atoms with Crippen LogP contribution in [0.5, 0.6) is 0 Å². The van der Waals surface area contributed by atoms with Gasteiger partial charge in [-0.15, -0.1) is 11.3 Å². The summed E-state index contributed by atoms with van der Waals surface area (Å²) in [6.45, 7) is 1.97. The van der Waals surface area contributed by atoms with Crippen LogP contribution in [0.4, 0.5) is 0 Å². The van der Waals surface area contributed by atoms with Gasteiger partial charge in [0.2, 0.25) is 5.91 Å². The van der Waals surface area contributed by atoms with Crippen molar-refractivity contribution >= 4 is 17.2 Å². The number of rotatable bonds is 6. The third-order valence-electron chi connectivity index (χ3n) is 3.23. The van der Waals surface area contributed by atoms with E-state index in [2.05, 4.69) is 17.5 Å². The van der Waals surface area contributed by atoms with E-state index >= 15 is 0 Å². The minimum Gasteiger partial charge on any atom is -0.352 e. The smallest absolute Gasteiger partial charge is 0.237 e. The van der Waals surface area contributed by atoms with Crippen molar-refractivity contribution in [2.75, 3.05) is 0 Å². The van der Waals surface area contributed by atoms with Crippen molar-refractivity contribution in [1.82, 2.24) is 5.32 Å². The van der Waals surface area contributed by atoms with Crippen molar-refractivity contribution in [1.29, 1.82) is 5.26 Å². The first kappa shape index (κ1) is 15.3. The Morgan fingerprint density at radius 1 is 1.24 bits per heavy atom. The molecule has 0 aliphatic rings. The van der Waals surface area contributed by atoms with Gasteiger partial charge in [-0.3, -0.25) is 4.79 Å². The largest absolute Gasteiger partial charge is 0.352 e. The van der Waals surface area contributed by atoms with Gasteiger partial charge in [0, 0.05) is 17.3 Å². The highest BCUT2D eigenvalue weighted by Gasteiger charge is 2.20. The number of hydrogen-bond acceptors (Lipinski definition) is 3. The highest BCUT2D eigenvalue weighted by molar-refractivity contribution is 7.09. The van der Waals surface area contributed by atoms with E-state index in [-0.39, 0.29) is 11.9 Å². The summed E-state index contributed by atoms with van der Waals surface area (Å²) >= 11 is 1.68. The van der Waals surface area contributed by atoms with Crippen molar-refractivity contribution in [3.8, 4) is 6.07 Å². The van der Waals surface area contributed by atoms with Crippen molar-refractivity contribution in [3.63, 3.8) is 0 Å². The molecule has 2 aromatic rings. The van der Waals surface area contributed by atoms with Gasteiger partial charge in [0.05, 0.1) is 6.07 Å². The van der Waals surface area contributed by atoms with Crippen molar-refractivity contribution in [3.05, 3.63) is 58.3 Å². The van der Waals surface area contributed by atoms with E-state index in [0.717, 1.165) is 12.0 Å². The molecule has 1 heterocycles. The maximum atomic E-state index is 12.2. The third kappa shape index (κ3) is 4.73. The molecule has 2 unspecified atom stereocenters. The number of carbonyl (C=O) groups is 1. The van der Waals surface area contributed by atoms with Crippen molar-refractivity contribution in [2.45, 2.75) is 25.8 Å². The molecule has 1 aromatic heterocycles. The maximum absolute atomic E-state index is 12.2. The Bertz CT molecular complexity index is 601. The van der Waals surface area contributed by atoms with Crippen molar-refractivity contribution in [2.24, 2.45) is 5.92 Å². The summed E-state index contributed by atoms with van der Waals surface area (Å²) in [6.07, 6.45) is 1.25. The lowest BCUT2D eigenvalue weighted by molar-refractivity contribution is -0.123. The zero-order valence-corrected chi connectivity index (χ0v) is 12.8. The zero-order valence-electron chi connectivity index (χ0n) is 12.0. The molecule has 0 spiro atoms. The van der Waals surface area contributed by atoms with Gasteiger partial charge in [0.15, 0.2) is 0 Å². The number of nitrogens with one attached hydrogen (secondary N) is 1.